The molecule has 0 bridgehead atoms. The second-order valence-corrected chi connectivity index (χ2v) is 5.59. The quantitative estimate of drug-likeness (QED) is 0.774. The molecular weight excluding hydrogens is 288 g/mol. The molecule has 3 rings (SSSR count). The molecular formula is C19H18N2O2. The van der Waals surface area contributed by atoms with Crippen LogP contribution in [0.15, 0.2) is 53.1 Å². The van der Waals surface area contributed by atoms with Crippen molar-refractivity contribution in [1.29, 1.82) is 0 Å². The molecule has 0 unspecified atom stereocenters. The maximum Gasteiger partial charge on any atom is 0.261 e. The zero-order chi connectivity index (χ0) is 16.4. The van der Waals surface area contributed by atoms with E-state index in [1.54, 1.807) is 6.92 Å². The van der Waals surface area contributed by atoms with E-state index in [9.17, 15) is 4.79 Å². The van der Waals surface area contributed by atoms with Gasteiger partial charge in [-0.3, -0.25) is 4.79 Å². The summed E-state index contributed by atoms with van der Waals surface area (Å²) in [7, 11) is 0. The molecule has 0 saturated heterocycles. The number of carbonyl (C=O) groups is 1. The molecule has 23 heavy (non-hydrogen) atoms. The topological polar surface area (TPSA) is 55.1 Å². The molecule has 1 amide bonds. The molecule has 0 saturated carbocycles. The van der Waals surface area contributed by atoms with E-state index in [4.69, 9.17) is 4.52 Å². The van der Waals surface area contributed by atoms with Crippen molar-refractivity contribution in [2.75, 3.05) is 5.32 Å². The molecule has 2 aromatic carbocycles. The molecule has 0 aliphatic carbocycles. The van der Waals surface area contributed by atoms with Gasteiger partial charge in [-0.15, -0.1) is 0 Å². The number of nitrogens with one attached hydrogen (secondary N) is 1. The lowest BCUT2D eigenvalue weighted by Gasteiger charge is -2.08. The van der Waals surface area contributed by atoms with Gasteiger partial charge in [-0.05, 0) is 44.0 Å². The Morgan fingerprint density at radius 1 is 1.00 bits per heavy atom. The van der Waals surface area contributed by atoms with Gasteiger partial charge in [0.1, 0.15) is 5.56 Å². The Kier molecular flexibility index (Phi) is 3.98. The Morgan fingerprint density at radius 2 is 1.74 bits per heavy atom. The van der Waals surface area contributed by atoms with Crippen LogP contribution in [0, 0.1) is 20.8 Å². The van der Waals surface area contributed by atoms with Crippen LogP contribution in [0.5, 0.6) is 0 Å². The van der Waals surface area contributed by atoms with Crippen molar-refractivity contribution in [3.8, 4) is 11.3 Å². The number of hydrogen-bond donors (Lipinski definition) is 1. The number of benzene rings is 2. The first kappa shape index (κ1) is 15.0. The highest BCUT2D eigenvalue weighted by atomic mass is 16.5. The number of carbonyl (C=O) groups excluding carboxylic acids is 1. The molecule has 1 N–H and O–H groups in total. The lowest BCUT2D eigenvalue weighted by Crippen LogP contribution is -2.13. The van der Waals surface area contributed by atoms with E-state index in [0.29, 0.717) is 17.0 Å². The van der Waals surface area contributed by atoms with E-state index in [2.05, 4.69) is 10.5 Å². The van der Waals surface area contributed by atoms with E-state index in [1.165, 1.54) is 5.56 Å². The average molecular weight is 306 g/mol. The summed E-state index contributed by atoms with van der Waals surface area (Å²) in [6, 6.07) is 15.4. The Bertz CT molecular complexity index is 851. The summed E-state index contributed by atoms with van der Waals surface area (Å²) in [6.45, 7) is 5.83. The molecule has 4 nitrogen and oxygen atoms in total. The summed E-state index contributed by atoms with van der Waals surface area (Å²) in [5.74, 6) is 0.273. The third-order valence-corrected chi connectivity index (χ3v) is 3.89. The number of hydrogen-bond acceptors (Lipinski definition) is 3. The predicted molar refractivity (Wildman–Crippen MR) is 90.5 cm³/mol. The fraction of sp³-hybridized carbons (Fsp3) is 0.158. The molecule has 0 atom stereocenters. The van der Waals surface area contributed by atoms with Crippen molar-refractivity contribution in [2.24, 2.45) is 0 Å². The minimum absolute atomic E-state index is 0.217. The Balaban J connectivity index is 1.94. The third kappa shape index (κ3) is 3.01. The number of anilines is 1. The fourth-order valence-electron chi connectivity index (χ4n) is 2.44. The predicted octanol–water partition coefficient (Wildman–Crippen LogP) is 4.52. The van der Waals surface area contributed by atoms with Crippen LogP contribution in [0.3, 0.4) is 0 Å². The smallest absolute Gasteiger partial charge is 0.261 e. The minimum atomic E-state index is -0.217. The summed E-state index contributed by atoms with van der Waals surface area (Å²) in [5, 5.41) is 6.88. The number of aryl methyl sites for hydroxylation is 3. The van der Waals surface area contributed by atoms with Crippen LogP contribution in [0.2, 0.25) is 0 Å². The normalized spacial score (nSPS) is 10.6. The first-order valence-electron chi connectivity index (χ1n) is 7.46. The van der Waals surface area contributed by atoms with Crippen LogP contribution >= 0.6 is 0 Å². The van der Waals surface area contributed by atoms with Crippen molar-refractivity contribution < 1.29 is 9.32 Å². The SMILES string of the molecule is Cc1ccc(NC(=O)c2c(C)noc2-c2ccccc2)cc1C. The lowest BCUT2D eigenvalue weighted by atomic mass is 10.1. The molecule has 0 aliphatic heterocycles. The number of rotatable bonds is 3. The highest BCUT2D eigenvalue weighted by Crippen LogP contribution is 2.27. The molecule has 0 spiro atoms. The maximum atomic E-state index is 12.7. The summed E-state index contributed by atoms with van der Waals surface area (Å²) >= 11 is 0. The standard InChI is InChI=1S/C19H18N2O2/c1-12-9-10-16(11-13(12)2)20-19(22)17-14(3)21-23-18(17)15-7-5-4-6-8-15/h4-11H,1-3H3,(H,20,22). The number of nitrogens with zero attached hydrogens (tertiary/aromatic N) is 1. The van der Waals surface area contributed by atoms with Gasteiger partial charge in [0, 0.05) is 11.3 Å². The van der Waals surface area contributed by atoms with Gasteiger partial charge in [0.05, 0.1) is 5.69 Å². The molecule has 0 radical (unpaired) electrons. The monoisotopic (exact) mass is 306 g/mol. The van der Waals surface area contributed by atoms with Crippen LogP contribution in [0.25, 0.3) is 11.3 Å². The fourth-order valence-corrected chi connectivity index (χ4v) is 2.44. The van der Waals surface area contributed by atoms with Gasteiger partial charge in [0.2, 0.25) is 0 Å². The van der Waals surface area contributed by atoms with E-state index in [0.717, 1.165) is 16.8 Å². The Hall–Kier alpha value is -2.88. The molecule has 0 aliphatic rings. The molecule has 1 heterocycles. The van der Waals surface area contributed by atoms with Gasteiger partial charge in [0.25, 0.3) is 5.91 Å². The first-order valence-corrected chi connectivity index (χ1v) is 7.46. The highest BCUT2D eigenvalue weighted by molar-refractivity contribution is 6.08. The van der Waals surface area contributed by atoms with Gasteiger partial charge in [-0.2, -0.15) is 0 Å². The zero-order valence-electron chi connectivity index (χ0n) is 13.4. The van der Waals surface area contributed by atoms with E-state index < -0.39 is 0 Å². The summed E-state index contributed by atoms with van der Waals surface area (Å²) in [4.78, 5) is 12.7. The molecule has 3 aromatic rings. The van der Waals surface area contributed by atoms with Crippen LogP contribution in [0.4, 0.5) is 5.69 Å². The van der Waals surface area contributed by atoms with Crippen molar-refractivity contribution in [3.05, 3.63) is 70.9 Å². The van der Waals surface area contributed by atoms with Gasteiger partial charge >= 0.3 is 0 Å². The lowest BCUT2D eigenvalue weighted by molar-refractivity contribution is 0.102. The van der Waals surface area contributed by atoms with E-state index >= 15 is 0 Å². The zero-order valence-corrected chi connectivity index (χ0v) is 13.4. The van der Waals surface area contributed by atoms with Crippen molar-refractivity contribution >= 4 is 11.6 Å². The van der Waals surface area contributed by atoms with Gasteiger partial charge in [-0.1, -0.05) is 41.6 Å². The Labute approximate surface area is 135 Å². The minimum Gasteiger partial charge on any atom is -0.355 e. The van der Waals surface area contributed by atoms with Gasteiger partial charge in [-0.25, -0.2) is 0 Å². The highest BCUT2D eigenvalue weighted by Gasteiger charge is 2.21. The van der Waals surface area contributed by atoms with Crippen LogP contribution in [0.1, 0.15) is 27.2 Å². The van der Waals surface area contributed by atoms with Crippen LogP contribution < -0.4 is 5.32 Å². The second kappa shape index (κ2) is 6.08. The van der Waals surface area contributed by atoms with Crippen molar-refractivity contribution in [1.82, 2.24) is 5.16 Å². The summed E-state index contributed by atoms with van der Waals surface area (Å²) in [6.07, 6.45) is 0. The number of amides is 1. The van der Waals surface area contributed by atoms with E-state index in [-0.39, 0.29) is 5.91 Å². The van der Waals surface area contributed by atoms with E-state index in [1.807, 2.05) is 62.4 Å². The van der Waals surface area contributed by atoms with Crippen molar-refractivity contribution in [3.63, 3.8) is 0 Å². The third-order valence-electron chi connectivity index (χ3n) is 3.89. The Morgan fingerprint density at radius 3 is 2.43 bits per heavy atom. The van der Waals surface area contributed by atoms with Crippen LogP contribution in [-0.2, 0) is 0 Å². The molecule has 116 valence electrons. The number of aromatic nitrogens is 1. The molecule has 1 aromatic heterocycles. The first-order chi connectivity index (χ1) is 11.1. The van der Waals surface area contributed by atoms with Crippen molar-refractivity contribution in [2.45, 2.75) is 20.8 Å². The maximum absolute atomic E-state index is 12.7. The molecule has 4 heteroatoms. The largest absolute Gasteiger partial charge is 0.355 e. The summed E-state index contributed by atoms with van der Waals surface area (Å²) in [5.41, 5.74) is 4.96. The molecule has 0 fully saturated rings. The average Bonchev–Trinajstić information content (AvgIpc) is 2.93. The second-order valence-electron chi connectivity index (χ2n) is 5.59. The van der Waals surface area contributed by atoms with Gasteiger partial charge in [0.15, 0.2) is 5.76 Å². The summed E-state index contributed by atoms with van der Waals surface area (Å²) < 4.78 is 5.37. The van der Waals surface area contributed by atoms with Gasteiger partial charge < -0.3 is 9.84 Å². The van der Waals surface area contributed by atoms with Crippen LogP contribution in [-0.4, -0.2) is 11.1 Å².